The van der Waals surface area contributed by atoms with Crippen molar-refractivity contribution in [2.75, 3.05) is 0 Å². The average molecular weight is 284 g/mol. The van der Waals surface area contributed by atoms with Crippen molar-refractivity contribution >= 4 is 17.5 Å². The van der Waals surface area contributed by atoms with E-state index in [4.69, 9.17) is 16.3 Å². The molecule has 106 valence electrons. The van der Waals surface area contributed by atoms with Crippen molar-refractivity contribution in [2.24, 2.45) is 0 Å². The second kappa shape index (κ2) is 7.39. The van der Waals surface area contributed by atoms with Crippen molar-refractivity contribution in [3.05, 3.63) is 28.8 Å². The molecule has 0 aliphatic rings. The average Bonchev–Trinajstić information content (AvgIpc) is 2.39. The van der Waals surface area contributed by atoms with Crippen LogP contribution in [-0.2, 0) is 4.79 Å². The molecular formula is C15H22ClNO2. The minimum atomic E-state index is -0.463. The quantitative estimate of drug-likeness (QED) is 0.864. The number of carbonyl (C=O) groups is 1. The Bertz CT molecular complexity index is 434. The van der Waals surface area contributed by atoms with Gasteiger partial charge >= 0.3 is 0 Å². The number of hydrogen-bond acceptors (Lipinski definition) is 2. The molecule has 2 atom stereocenters. The molecule has 1 aromatic rings. The predicted molar refractivity (Wildman–Crippen MR) is 78.8 cm³/mol. The van der Waals surface area contributed by atoms with Gasteiger partial charge in [0.2, 0.25) is 0 Å². The molecular weight excluding hydrogens is 262 g/mol. The highest BCUT2D eigenvalue weighted by Crippen LogP contribution is 2.22. The van der Waals surface area contributed by atoms with E-state index >= 15 is 0 Å². The summed E-state index contributed by atoms with van der Waals surface area (Å²) in [5, 5.41) is 3.64. The lowest BCUT2D eigenvalue weighted by Gasteiger charge is -2.20. The highest BCUT2D eigenvalue weighted by molar-refractivity contribution is 6.31. The lowest BCUT2D eigenvalue weighted by molar-refractivity contribution is -0.128. The lowest BCUT2D eigenvalue weighted by Crippen LogP contribution is -2.42. The molecule has 0 heterocycles. The van der Waals surface area contributed by atoms with Crippen LogP contribution in [-0.4, -0.2) is 18.1 Å². The van der Waals surface area contributed by atoms with Gasteiger partial charge in [0.25, 0.3) is 5.91 Å². The molecule has 0 fully saturated rings. The van der Waals surface area contributed by atoms with E-state index in [0.29, 0.717) is 17.2 Å². The summed E-state index contributed by atoms with van der Waals surface area (Å²) in [6, 6.07) is 5.58. The first-order valence-electron chi connectivity index (χ1n) is 6.71. The minimum absolute atomic E-state index is 0.0653. The van der Waals surface area contributed by atoms with Crippen molar-refractivity contribution in [1.82, 2.24) is 5.32 Å². The second-order valence-corrected chi connectivity index (χ2v) is 5.15. The van der Waals surface area contributed by atoms with Gasteiger partial charge in [-0.25, -0.2) is 0 Å². The van der Waals surface area contributed by atoms with E-state index in [1.807, 2.05) is 33.8 Å². The molecule has 0 aliphatic heterocycles. The van der Waals surface area contributed by atoms with E-state index in [-0.39, 0.29) is 11.9 Å². The molecule has 0 bridgehead atoms. The van der Waals surface area contributed by atoms with E-state index in [1.165, 1.54) is 0 Å². The summed E-state index contributed by atoms with van der Waals surface area (Å²) in [7, 11) is 0. The summed E-state index contributed by atoms with van der Waals surface area (Å²) >= 11 is 5.97. The summed E-state index contributed by atoms with van der Waals surface area (Å²) < 4.78 is 5.74. The van der Waals surface area contributed by atoms with Gasteiger partial charge in [-0.1, -0.05) is 25.4 Å². The second-order valence-electron chi connectivity index (χ2n) is 4.74. The smallest absolute Gasteiger partial charge is 0.261 e. The fourth-order valence-corrected chi connectivity index (χ4v) is 1.73. The SMILES string of the molecule is CCC(C)NC(=O)C(CC)Oc1ccc(Cl)c(C)c1. The highest BCUT2D eigenvalue weighted by Gasteiger charge is 2.19. The highest BCUT2D eigenvalue weighted by atomic mass is 35.5. The van der Waals surface area contributed by atoms with Crippen molar-refractivity contribution in [3.63, 3.8) is 0 Å². The van der Waals surface area contributed by atoms with Crippen LogP contribution in [0.25, 0.3) is 0 Å². The molecule has 0 saturated carbocycles. The first kappa shape index (κ1) is 15.8. The van der Waals surface area contributed by atoms with E-state index in [9.17, 15) is 4.79 Å². The lowest BCUT2D eigenvalue weighted by atomic mass is 10.2. The van der Waals surface area contributed by atoms with Crippen LogP contribution in [0.5, 0.6) is 5.75 Å². The number of amides is 1. The van der Waals surface area contributed by atoms with Crippen LogP contribution in [0, 0.1) is 6.92 Å². The molecule has 1 aromatic carbocycles. The van der Waals surface area contributed by atoms with E-state index in [1.54, 1.807) is 12.1 Å². The Labute approximate surface area is 120 Å². The van der Waals surface area contributed by atoms with Gasteiger partial charge in [0.05, 0.1) is 0 Å². The summed E-state index contributed by atoms with van der Waals surface area (Å²) in [6.45, 7) is 7.87. The molecule has 3 nitrogen and oxygen atoms in total. The fourth-order valence-electron chi connectivity index (χ4n) is 1.61. The van der Waals surface area contributed by atoms with E-state index in [2.05, 4.69) is 5.32 Å². The first-order valence-corrected chi connectivity index (χ1v) is 7.08. The molecule has 1 N–H and O–H groups in total. The molecule has 0 saturated heterocycles. The van der Waals surface area contributed by atoms with Gasteiger partial charge in [-0.05, 0) is 50.5 Å². The van der Waals surface area contributed by atoms with Crippen LogP contribution >= 0.6 is 11.6 Å². The van der Waals surface area contributed by atoms with Gasteiger partial charge < -0.3 is 10.1 Å². The zero-order valence-corrected chi connectivity index (χ0v) is 12.8. The van der Waals surface area contributed by atoms with Crippen molar-refractivity contribution in [2.45, 2.75) is 52.7 Å². The van der Waals surface area contributed by atoms with Crippen molar-refractivity contribution in [1.29, 1.82) is 0 Å². The van der Waals surface area contributed by atoms with Gasteiger partial charge in [0.15, 0.2) is 6.10 Å². The number of carbonyl (C=O) groups excluding carboxylic acids is 1. The van der Waals surface area contributed by atoms with E-state index < -0.39 is 6.10 Å². The Hall–Kier alpha value is -1.22. The Morgan fingerprint density at radius 2 is 2.05 bits per heavy atom. The Balaban J connectivity index is 2.70. The summed E-state index contributed by atoms with van der Waals surface area (Å²) in [5.74, 6) is 0.609. The zero-order valence-electron chi connectivity index (χ0n) is 12.0. The first-order chi connectivity index (χ1) is 8.97. The van der Waals surface area contributed by atoms with Crippen LogP contribution in [0.15, 0.2) is 18.2 Å². The number of aryl methyl sites for hydroxylation is 1. The third kappa shape index (κ3) is 4.75. The van der Waals surface area contributed by atoms with Crippen molar-refractivity contribution in [3.8, 4) is 5.75 Å². The molecule has 4 heteroatoms. The standard InChI is InChI=1S/C15H22ClNO2/c1-5-11(4)17-15(18)14(6-2)19-12-7-8-13(16)10(3)9-12/h7-9,11,14H,5-6H2,1-4H3,(H,17,18). The topological polar surface area (TPSA) is 38.3 Å². The Morgan fingerprint density at radius 1 is 1.37 bits per heavy atom. The van der Waals surface area contributed by atoms with Crippen LogP contribution in [0.2, 0.25) is 5.02 Å². The maximum atomic E-state index is 12.0. The third-order valence-electron chi connectivity index (χ3n) is 3.07. The number of benzene rings is 1. The molecule has 2 unspecified atom stereocenters. The zero-order chi connectivity index (χ0) is 14.4. The maximum absolute atomic E-state index is 12.0. The largest absolute Gasteiger partial charge is 0.481 e. The Kier molecular flexibility index (Phi) is 6.16. The third-order valence-corrected chi connectivity index (χ3v) is 3.50. The number of halogens is 1. The van der Waals surface area contributed by atoms with Gasteiger partial charge in [0, 0.05) is 11.1 Å². The number of rotatable bonds is 6. The molecule has 0 spiro atoms. The summed E-state index contributed by atoms with van der Waals surface area (Å²) in [6.07, 6.45) is 1.07. The number of nitrogens with one attached hydrogen (secondary N) is 1. The van der Waals surface area contributed by atoms with Gasteiger partial charge in [-0.15, -0.1) is 0 Å². The molecule has 0 aliphatic carbocycles. The summed E-state index contributed by atoms with van der Waals surface area (Å²) in [4.78, 5) is 12.0. The number of hydrogen-bond donors (Lipinski definition) is 1. The molecule has 0 aromatic heterocycles. The minimum Gasteiger partial charge on any atom is -0.481 e. The summed E-state index contributed by atoms with van der Waals surface area (Å²) in [5.41, 5.74) is 0.941. The molecule has 1 amide bonds. The molecule has 0 radical (unpaired) electrons. The van der Waals surface area contributed by atoms with Gasteiger partial charge in [0.1, 0.15) is 5.75 Å². The molecule has 19 heavy (non-hydrogen) atoms. The van der Waals surface area contributed by atoms with Crippen LogP contribution in [0.4, 0.5) is 0 Å². The van der Waals surface area contributed by atoms with Crippen molar-refractivity contribution < 1.29 is 9.53 Å². The normalized spacial score (nSPS) is 13.7. The number of ether oxygens (including phenoxy) is 1. The Morgan fingerprint density at radius 3 is 2.58 bits per heavy atom. The van der Waals surface area contributed by atoms with Crippen LogP contribution in [0.3, 0.4) is 0 Å². The van der Waals surface area contributed by atoms with Gasteiger partial charge in [-0.3, -0.25) is 4.79 Å². The predicted octanol–water partition coefficient (Wildman–Crippen LogP) is 3.72. The van der Waals surface area contributed by atoms with Crippen LogP contribution < -0.4 is 10.1 Å². The fraction of sp³-hybridized carbons (Fsp3) is 0.533. The monoisotopic (exact) mass is 283 g/mol. The maximum Gasteiger partial charge on any atom is 0.261 e. The van der Waals surface area contributed by atoms with Gasteiger partial charge in [-0.2, -0.15) is 0 Å². The molecule has 1 rings (SSSR count). The van der Waals surface area contributed by atoms with E-state index in [0.717, 1.165) is 12.0 Å². The van der Waals surface area contributed by atoms with Crippen LogP contribution in [0.1, 0.15) is 39.2 Å².